The molecular weight excluding hydrogens is 338 g/mol. The van der Waals surface area contributed by atoms with E-state index >= 15 is 0 Å². The lowest BCUT2D eigenvalue weighted by Gasteiger charge is -2.21. The third-order valence-electron chi connectivity index (χ3n) is 3.50. The Hall–Kier alpha value is -2.06. The van der Waals surface area contributed by atoms with Crippen LogP contribution < -0.4 is 9.47 Å². The molecule has 3 rings (SSSR count). The molecule has 2 aliphatic heterocycles. The Morgan fingerprint density at radius 3 is 2.91 bits per heavy atom. The molecule has 0 radical (unpaired) electrons. The number of hydrogen-bond acceptors (Lipinski definition) is 6. The molecule has 1 fully saturated rings. The molecule has 1 saturated heterocycles. The molecule has 0 bridgehead atoms. The molecule has 120 valence electrons. The van der Waals surface area contributed by atoms with Gasteiger partial charge in [0.05, 0.1) is 4.91 Å². The van der Waals surface area contributed by atoms with Crippen molar-refractivity contribution >= 4 is 46.3 Å². The Morgan fingerprint density at radius 1 is 1.48 bits per heavy atom. The number of benzene rings is 1. The van der Waals surface area contributed by atoms with E-state index in [1.807, 2.05) is 0 Å². The zero-order valence-electron chi connectivity index (χ0n) is 12.1. The number of aliphatic carboxylic acids is 1. The van der Waals surface area contributed by atoms with Gasteiger partial charge in [0.25, 0.3) is 5.91 Å². The van der Waals surface area contributed by atoms with Gasteiger partial charge in [-0.1, -0.05) is 37.0 Å². The van der Waals surface area contributed by atoms with E-state index in [4.69, 9.17) is 21.7 Å². The highest BCUT2D eigenvalue weighted by Gasteiger charge is 2.39. The Morgan fingerprint density at radius 2 is 2.22 bits per heavy atom. The molecule has 0 aromatic heterocycles. The van der Waals surface area contributed by atoms with Crippen molar-refractivity contribution in [1.82, 2.24) is 4.90 Å². The number of fused-ring (bicyclic) bond motifs is 1. The molecule has 2 aliphatic rings. The van der Waals surface area contributed by atoms with Crippen LogP contribution in [0.3, 0.4) is 0 Å². The smallest absolute Gasteiger partial charge is 0.326 e. The van der Waals surface area contributed by atoms with Crippen LogP contribution in [0.25, 0.3) is 6.08 Å². The quantitative estimate of drug-likeness (QED) is 0.660. The summed E-state index contributed by atoms with van der Waals surface area (Å²) < 4.78 is 10.8. The molecule has 23 heavy (non-hydrogen) atoms. The largest absolute Gasteiger partial charge is 0.480 e. The first-order valence-corrected chi connectivity index (χ1v) is 8.13. The minimum atomic E-state index is -1.06. The Labute approximate surface area is 142 Å². The SMILES string of the molecule is CC[C@H](C(=O)O)N1C(=O)/C(=C\c2ccc3c(c2)OCO3)SC1=S. The second-order valence-electron chi connectivity index (χ2n) is 4.93. The summed E-state index contributed by atoms with van der Waals surface area (Å²) in [6.45, 7) is 1.89. The summed E-state index contributed by atoms with van der Waals surface area (Å²) in [6.07, 6.45) is 1.97. The van der Waals surface area contributed by atoms with Crippen LogP contribution in [0.4, 0.5) is 0 Å². The lowest BCUT2D eigenvalue weighted by molar-refractivity contribution is -0.145. The Balaban J connectivity index is 1.88. The molecule has 0 spiro atoms. The molecule has 1 N–H and O–H groups in total. The first kappa shape index (κ1) is 15.8. The lowest BCUT2D eigenvalue weighted by Crippen LogP contribution is -2.43. The first-order chi connectivity index (χ1) is 11.0. The maximum atomic E-state index is 12.5. The maximum absolute atomic E-state index is 12.5. The molecule has 8 heteroatoms. The Bertz CT molecular complexity index is 731. The van der Waals surface area contributed by atoms with Gasteiger partial charge in [0, 0.05) is 0 Å². The average molecular weight is 351 g/mol. The van der Waals surface area contributed by atoms with Gasteiger partial charge in [-0.3, -0.25) is 9.69 Å². The van der Waals surface area contributed by atoms with E-state index < -0.39 is 12.0 Å². The molecule has 6 nitrogen and oxygen atoms in total. The number of thioether (sulfide) groups is 1. The molecular formula is C15H13NO5S2. The van der Waals surface area contributed by atoms with Gasteiger partial charge in [-0.05, 0) is 30.2 Å². The molecule has 0 unspecified atom stereocenters. The van der Waals surface area contributed by atoms with Crippen LogP contribution in [0.15, 0.2) is 23.1 Å². The fourth-order valence-electron chi connectivity index (χ4n) is 2.37. The van der Waals surface area contributed by atoms with Crippen LogP contribution in [-0.2, 0) is 9.59 Å². The van der Waals surface area contributed by atoms with Crippen LogP contribution in [-0.4, -0.2) is 39.0 Å². The number of hydrogen-bond donors (Lipinski definition) is 1. The minimum Gasteiger partial charge on any atom is -0.480 e. The fraction of sp³-hybridized carbons (Fsp3) is 0.267. The van der Waals surface area contributed by atoms with E-state index in [2.05, 4.69) is 0 Å². The lowest BCUT2D eigenvalue weighted by atomic mass is 10.1. The van der Waals surface area contributed by atoms with Gasteiger partial charge in [-0.15, -0.1) is 0 Å². The second-order valence-corrected chi connectivity index (χ2v) is 6.60. The van der Waals surface area contributed by atoms with Gasteiger partial charge in [0.15, 0.2) is 11.5 Å². The van der Waals surface area contributed by atoms with Crippen molar-refractivity contribution in [2.24, 2.45) is 0 Å². The number of carboxylic acid groups (broad SMARTS) is 1. The highest BCUT2D eigenvalue weighted by molar-refractivity contribution is 8.26. The monoisotopic (exact) mass is 351 g/mol. The molecule has 1 aromatic carbocycles. The molecule has 0 aliphatic carbocycles. The first-order valence-electron chi connectivity index (χ1n) is 6.90. The second kappa shape index (κ2) is 6.21. The fourth-order valence-corrected chi connectivity index (χ4v) is 3.73. The van der Waals surface area contributed by atoms with Crippen molar-refractivity contribution in [3.63, 3.8) is 0 Å². The maximum Gasteiger partial charge on any atom is 0.326 e. The van der Waals surface area contributed by atoms with Crippen LogP contribution in [0, 0.1) is 0 Å². The van der Waals surface area contributed by atoms with Gasteiger partial charge < -0.3 is 14.6 Å². The number of thiocarbonyl (C=S) groups is 1. The summed E-state index contributed by atoms with van der Waals surface area (Å²) in [6, 6.07) is 4.39. The predicted molar refractivity (Wildman–Crippen MR) is 89.3 cm³/mol. The van der Waals surface area contributed by atoms with Crippen molar-refractivity contribution in [2.75, 3.05) is 6.79 Å². The van der Waals surface area contributed by atoms with Gasteiger partial charge in [-0.25, -0.2) is 4.79 Å². The van der Waals surface area contributed by atoms with E-state index in [0.29, 0.717) is 22.8 Å². The zero-order valence-corrected chi connectivity index (χ0v) is 13.8. The van der Waals surface area contributed by atoms with Crippen LogP contribution in [0.2, 0.25) is 0 Å². The molecule has 1 amide bonds. The molecule has 1 atom stereocenters. The summed E-state index contributed by atoms with van der Waals surface area (Å²) >= 11 is 6.28. The topological polar surface area (TPSA) is 76.1 Å². The van der Waals surface area contributed by atoms with Crippen molar-refractivity contribution in [3.05, 3.63) is 28.7 Å². The number of amides is 1. The number of carbonyl (C=O) groups is 2. The number of carboxylic acids is 1. The standard InChI is InChI=1S/C15H13NO5S2/c1-2-9(14(18)19)16-13(17)12(23-15(16)22)6-8-3-4-10-11(5-8)21-7-20-10/h3-6,9H,2,7H2,1H3,(H,18,19)/b12-6+/t9-/m1/s1. The molecule has 2 heterocycles. The zero-order chi connectivity index (χ0) is 16.6. The predicted octanol–water partition coefficient (Wildman–Crippen LogP) is 2.48. The van der Waals surface area contributed by atoms with Gasteiger partial charge >= 0.3 is 5.97 Å². The summed E-state index contributed by atoms with van der Waals surface area (Å²) in [5.41, 5.74) is 0.762. The summed E-state index contributed by atoms with van der Waals surface area (Å²) in [7, 11) is 0. The molecule has 1 aromatic rings. The summed E-state index contributed by atoms with van der Waals surface area (Å²) in [5.74, 6) is -0.169. The van der Waals surface area contributed by atoms with Crippen molar-refractivity contribution in [2.45, 2.75) is 19.4 Å². The Kier molecular flexibility index (Phi) is 4.27. The number of rotatable bonds is 4. The van der Waals surface area contributed by atoms with Crippen LogP contribution in [0.5, 0.6) is 11.5 Å². The molecule has 0 saturated carbocycles. The highest BCUT2D eigenvalue weighted by atomic mass is 32.2. The number of ether oxygens (including phenoxy) is 2. The average Bonchev–Trinajstić information content (AvgIpc) is 3.07. The van der Waals surface area contributed by atoms with Crippen molar-refractivity contribution in [1.29, 1.82) is 0 Å². The van der Waals surface area contributed by atoms with E-state index in [1.165, 1.54) is 4.90 Å². The summed E-state index contributed by atoms with van der Waals surface area (Å²) in [5, 5.41) is 9.24. The van der Waals surface area contributed by atoms with E-state index in [-0.39, 0.29) is 17.0 Å². The van der Waals surface area contributed by atoms with Gasteiger partial charge in [0.1, 0.15) is 10.4 Å². The third kappa shape index (κ3) is 2.91. The van der Waals surface area contributed by atoms with Gasteiger partial charge in [-0.2, -0.15) is 0 Å². The van der Waals surface area contributed by atoms with Crippen molar-refractivity contribution in [3.8, 4) is 11.5 Å². The number of nitrogens with zero attached hydrogens (tertiary/aromatic N) is 1. The summed E-state index contributed by atoms with van der Waals surface area (Å²) in [4.78, 5) is 25.3. The normalized spacial score (nSPS) is 19.5. The van der Waals surface area contributed by atoms with Crippen molar-refractivity contribution < 1.29 is 24.2 Å². The van der Waals surface area contributed by atoms with Gasteiger partial charge in [0.2, 0.25) is 6.79 Å². The minimum absolute atomic E-state index is 0.178. The third-order valence-corrected chi connectivity index (χ3v) is 4.83. The number of carbonyl (C=O) groups excluding carboxylic acids is 1. The van der Waals surface area contributed by atoms with Crippen LogP contribution in [0.1, 0.15) is 18.9 Å². The van der Waals surface area contributed by atoms with E-state index in [0.717, 1.165) is 17.3 Å². The highest BCUT2D eigenvalue weighted by Crippen LogP contribution is 2.37. The van der Waals surface area contributed by atoms with E-state index in [1.54, 1.807) is 31.2 Å². The van der Waals surface area contributed by atoms with E-state index in [9.17, 15) is 14.7 Å². The van der Waals surface area contributed by atoms with Crippen LogP contribution >= 0.6 is 24.0 Å².